The number of aromatic amines is 1. The Balaban J connectivity index is 1.43. The lowest BCUT2D eigenvalue weighted by atomic mass is 10.0. The number of para-hydroxylation sites is 1. The maximum Gasteiger partial charge on any atom is 0.220 e. The number of carbonyl (C=O) groups is 1. The van der Waals surface area contributed by atoms with Gasteiger partial charge in [-0.15, -0.1) is 0 Å². The smallest absolute Gasteiger partial charge is 0.220 e. The molecule has 0 aliphatic rings. The number of H-pyrrole nitrogens is 1. The fourth-order valence-electron chi connectivity index (χ4n) is 4.20. The summed E-state index contributed by atoms with van der Waals surface area (Å²) in [6.07, 6.45) is 1.70. The quantitative estimate of drug-likeness (QED) is 0.345. The molecular formula is C28H30N2O4. The van der Waals surface area contributed by atoms with E-state index in [4.69, 9.17) is 14.2 Å². The molecular weight excluding hydrogens is 428 g/mol. The maximum atomic E-state index is 12.7. The molecule has 0 aliphatic heterocycles. The Labute approximate surface area is 199 Å². The third kappa shape index (κ3) is 5.17. The van der Waals surface area contributed by atoms with Crippen molar-refractivity contribution < 1.29 is 19.0 Å². The predicted octanol–water partition coefficient (Wildman–Crippen LogP) is 5.15. The zero-order chi connectivity index (χ0) is 23.9. The van der Waals surface area contributed by atoms with Crippen molar-refractivity contribution in [2.45, 2.75) is 19.3 Å². The minimum Gasteiger partial charge on any atom is -0.497 e. The first-order valence-corrected chi connectivity index (χ1v) is 11.3. The van der Waals surface area contributed by atoms with Crippen molar-refractivity contribution >= 4 is 16.8 Å². The number of fused-ring (bicyclic) bond motifs is 1. The van der Waals surface area contributed by atoms with E-state index in [9.17, 15) is 4.79 Å². The van der Waals surface area contributed by atoms with Crippen LogP contribution in [-0.2, 0) is 17.6 Å². The summed E-state index contributed by atoms with van der Waals surface area (Å²) in [6, 6.07) is 21.9. The molecule has 3 aromatic carbocycles. The standard InChI is InChI=1S/C28H30N2O4/c1-32-21-10-8-19(9-11-21)28-24(23-6-4-5-7-25(23)30-28)13-15-27(31)29-17-16-20-18-22(33-2)12-14-26(20)34-3/h4-12,14,18,30H,13,15-17H2,1-3H3,(H,29,31). The molecule has 6 nitrogen and oxygen atoms in total. The van der Waals surface area contributed by atoms with Crippen LogP contribution in [0.15, 0.2) is 66.7 Å². The summed E-state index contributed by atoms with van der Waals surface area (Å²) in [6.45, 7) is 0.529. The Bertz CT molecular complexity index is 1260. The number of rotatable bonds is 10. The van der Waals surface area contributed by atoms with Gasteiger partial charge in [0.15, 0.2) is 0 Å². The third-order valence-electron chi connectivity index (χ3n) is 6.00. The van der Waals surface area contributed by atoms with Gasteiger partial charge in [0.2, 0.25) is 5.91 Å². The predicted molar refractivity (Wildman–Crippen MR) is 135 cm³/mol. The molecule has 2 N–H and O–H groups in total. The van der Waals surface area contributed by atoms with Gasteiger partial charge >= 0.3 is 0 Å². The number of carbonyl (C=O) groups excluding carboxylic acids is 1. The molecule has 6 heteroatoms. The summed E-state index contributed by atoms with van der Waals surface area (Å²) in [5.41, 5.74) is 5.31. The molecule has 0 fully saturated rings. The third-order valence-corrected chi connectivity index (χ3v) is 6.00. The number of ether oxygens (including phenoxy) is 3. The average molecular weight is 459 g/mol. The van der Waals surface area contributed by atoms with Crippen LogP contribution >= 0.6 is 0 Å². The highest BCUT2D eigenvalue weighted by molar-refractivity contribution is 5.91. The number of hydrogen-bond acceptors (Lipinski definition) is 4. The van der Waals surface area contributed by atoms with Crippen LogP contribution in [0.5, 0.6) is 17.2 Å². The first-order chi connectivity index (χ1) is 16.6. The fourth-order valence-corrected chi connectivity index (χ4v) is 4.20. The molecule has 1 amide bonds. The number of aryl methyl sites for hydroxylation is 1. The minimum absolute atomic E-state index is 0.0211. The molecule has 34 heavy (non-hydrogen) atoms. The Morgan fingerprint density at radius 2 is 1.59 bits per heavy atom. The highest BCUT2D eigenvalue weighted by Gasteiger charge is 2.15. The largest absolute Gasteiger partial charge is 0.497 e. The van der Waals surface area contributed by atoms with Crippen molar-refractivity contribution in [3.63, 3.8) is 0 Å². The molecule has 1 heterocycles. The zero-order valence-electron chi connectivity index (χ0n) is 19.8. The summed E-state index contributed by atoms with van der Waals surface area (Å²) < 4.78 is 16.0. The molecule has 176 valence electrons. The van der Waals surface area contributed by atoms with Crippen molar-refractivity contribution in [3.8, 4) is 28.5 Å². The van der Waals surface area contributed by atoms with Gasteiger partial charge in [0.1, 0.15) is 17.2 Å². The number of hydrogen-bond donors (Lipinski definition) is 2. The van der Waals surface area contributed by atoms with Gasteiger partial charge in [0, 0.05) is 29.6 Å². The highest BCUT2D eigenvalue weighted by atomic mass is 16.5. The zero-order valence-corrected chi connectivity index (χ0v) is 19.8. The van der Waals surface area contributed by atoms with Gasteiger partial charge in [-0.3, -0.25) is 4.79 Å². The second-order valence-corrected chi connectivity index (χ2v) is 8.03. The molecule has 0 radical (unpaired) electrons. The van der Waals surface area contributed by atoms with Crippen molar-refractivity contribution in [2.24, 2.45) is 0 Å². The fraction of sp³-hybridized carbons (Fsp3) is 0.250. The first kappa shape index (κ1) is 23.2. The molecule has 0 atom stereocenters. The van der Waals surface area contributed by atoms with Crippen LogP contribution in [0.3, 0.4) is 0 Å². The van der Waals surface area contributed by atoms with Gasteiger partial charge < -0.3 is 24.5 Å². The summed E-state index contributed by atoms with van der Waals surface area (Å²) in [5, 5.41) is 4.18. The molecule has 4 aromatic rings. The Morgan fingerprint density at radius 1 is 0.853 bits per heavy atom. The van der Waals surface area contributed by atoms with E-state index in [2.05, 4.69) is 22.4 Å². The van der Waals surface area contributed by atoms with E-state index in [1.807, 2.05) is 54.6 Å². The van der Waals surface area contributed by atoms with Gasteiger partial charge in [0.25, 0.3) is 0 Å². The SMILES string of the molecule is COc1ccc(-c2[nH]c3ccccc3c2CCC(=O)NCCc2cc(OC)ccc2OC)cc1. The summed E-state index contributed by atoms with van der Waals surface area (Å²) >= 11 is 0. The van der Waals surface area contributed by atoms with Crippen LogP contribution in [0.25, 0.3) is 22.2 Å². The normalized spacial score (nSPS) is 10.8. The van der Waals surface area contributed by atoms with E-state index in [1.54, 1.807) is 21.3 Å². The summed E-state index contributed by atoms with van der Waals surface area (Å²) in [4.78, 5) is 16.2. The van der Waals surface area contributed by atoms with Crippen molar-refractivity contribution in [2.75, 3.05) is 27.9 Å². The van der Waals surface area contributed by atoms with Gasteiger partial charge in [-0.25, -0.2) is 0 Å². The number of benzene rings is 3. The number of aromatic nitrogens is 1. The van der Waals surface area contributed by atoms with Crippen molar-refractivity contribution in [1.82, 2.24) is 10.3 Å². The second-order valence-electron chi connectivity index (χ2n) is 8.03. The lowest BCUT2D eigenvalue weighted by Gasteiger charge is -2.11. The van der Waals surface area contributed by atoms with Crippen LogP contribution in [0, 0.1) is 0 Å². The lowest BCUT2D eigenvalue weighted by molar-refractivity contribution is -0.121. The molecule has 0 unspecified atom stereocenters. The van der Waals surface area contributed by atoms with E-state index in [1.165, 1.54) is 0 Å². The van der Waals surface area contributed by atoms with Crippen LogP contribution in [-0.4, -0.2) is 38.8 Å². The van der Waals surface area contributed by atoms with Crippen LogP contribution < -0.4 is 19.5 Å². The summed E-state index contributed by atoms with van der Waals surface area (Å²) in [5.74, 6) is 2.40. The van der Waals surface area contributed by atoms with Gasteiger partial charge in [-0.05, 0) is 78.1 Å². The van der Waals surface area contributed by atoms with Gasteiger partial charge in [0.05, 0.1) is 21.3 Å². The molecule has 0 spiro atoms. The molecule has 0 bridgehead atoms. The van der Waals surface area contributed by atoms with E-state index in [0.717, 1.165) is 50.5 Å². The minimum atomic E-state index is 0.0211. The Morgan fingerprint density at radius 3 is 2.32 bits per heavy atom. The number of nitrogens with one attached hydrogen (secondary N) is 2. The van der Waals surface area contributed by atoms with Crippen LogP contribution in [0.2, 0.25) is 0 Å². The first-order valence-electron chi connectivity index (χ1n) is 11.3. The van der Waals surface area contributed by atoms with Crippen LogP contribution in [0.4, 0.5) is 0 Å². The average Bonchev–Trinajstić information content (AvgIpc) is 3.26. The molecule has 0 saturated carbocycles. The number of amides is 1. The van der Waals surface area contributed by atoms with Crippen molar-refractivity contribution in [3.05, 3.63) is 77.9 Å². The Kier molecular flexibility index (Phi) is 7.38. The monoisotopic (exact) mass is 458 g/mol. The highest BCUT2D eigenvalue weighted by Crippen LogP contribution is 2.32. The number of methoxy groups -OCH3 is 3. The van der Waals surface area contributed by atoms with E-state index < -0.39 is 0 Å². The van der Waals surface area contributed by atoms with E-state index in [0.29, 0.717) is 25.8 Å². The van der Waals surface area contributed by atoms with Gasteiger partial charge in [-0.1, -0.05) is 18.2 Å². The van der Waals surface area contributed by atoms with Gasteiger partial charge in [-0.2, -0.15) is 0 Å². The van der Waals surface area contributed by atoms with Crippen molar-refractivity contribution in [1.29, 1.82) is 0 Å². The second kappa shape index (κ2) is 10.8. The molecule has 1 aromatic heterocycles. The summed E-state index contributed by atoms with van der Waals surface area (Å²) in [7, 11) is 4.94. The maximum absolute atomic E-state index is 12.7. The lowest BCUT2D eigenvalue weighted by Crippen LogP contribution is -2.26. The molecule has 0 saturated heterocycles. The molecule has 4 rings (SSSR count). The topological polar surface area (TPSA) is 72.6 Å². The van der Waals surface area contributed by atoms with E-state index in [-0.39, 0.29) is 5.91 Å². The van der Waals surface area contributed by atoms with Crippen LogP contribution in [0.1, 0.15) is 17.5 Å². The Hall–Kier alpha value is -3.93. The molecule has 0 aliphatic carbocycles. The van der Waals surface area contributed by atoms with E-state index >= 15 is 0 Å².